The second-order valence-corrected chi connectivity index (χ2v) is 5.16. The first-order valence-corrected chi connectivity index (χ1v) is 7.00. The lowest BCUT2D eigenvalue weighted by atomic mass is 9.90. The molecule has 0 unspecified atom stereocenters. The molecule has 1 aliphatic rings. The molecule has 0 amide bonds. The van der Waals surface area contributed by atoms with E-state index in [1.165, 1.54) is 44.2 Å². The summed E-state index contributed by atoms with van der Waals surface area (Å²) in [5.74, 6) is 0.301. The van der Waals surface area contributed by atoms with Crippen LogP contribution in [0.15, 0.2) is 29.4 Å². The summed E-state index contributed by atoms with van der Waals surface area (Å²) in [4.78, 5) is 0. The molecule has 1 aliphatic carbocycles. The van der Waals surface area contributed by atoms with E-state index in [-0.39, 0.29) is 5.82 Å². The van der Waals surface area contributed by atoms with E-state index < -0.39 is 0 Å². The SMILES string of the molecule is Fc1ccc(NC(=S)N/N=C\C2CCCCC2)cc1. The van der Waals surface area contributed by atoms with Crippen LogP contribution in [0.4, 0.5) is 10.1 Å². The van der Waals surface area contributed by atoms with Gasteiger partial charge in [0.25, 0.3) is 0 Å². The molecule has 102 valence electrons. The zero-order chi connectivity index (χ0) is 13.5. The number of thiocarbonyl (C=S) groups is 1. The van der Waals surface area contributed by atoms with Crippen LogP contribution in [0.25, 0.3) is 0 Å². The highest BCUT2D eigenvalue weighted by Gasteiger charge is 2.10. The van der Waals surface area contributed by atoms with Crippen molar-refractivity contribution >= 4 is 29.2 Å². The minimum atomic E-state index is -0.264. The summed E-state index contributed by atoms with van der Waals surface area (Å²) in [6.45, 7) is 0. The lowest BCUT2D eigenvalue weighted by Crippen LogP contribution is -2.24. The molecule has 1 saturated carbocycles. The molecule has 0 radical (unpaired) electrons. The number of nitrogens with zero attached hydrogens (tertiary/aromatic N) is 1. The molecule has 1 aromatic carbocycles. The van der Waals surface area contributed by atoms with E-state index in [0.29, 0.717) is 11.0 Å². The number of rotatable bonds is 3. The predicted molar refractivity (Wildman–Crippen MR) is 80.8 cm³/mol. The highest BCUT2D eigenvalue weighted by molar-refractivity contribution is 7.80. The Morgan fingerprint density at radius 2 is 1.89 bits per heavy atom. The predicted octanol–water partition coefficient (Wildman–Crippen LogP) is 3.68. The number of hydrogen-bond donors (Lipinski definition) is 2. The van der Waals surface area contributed by atoms with Gasteiger partial charge in [-0.1, -0.05) is 19.3 Å². The molecule has 2 rings (SSSR count). The third kappa shape index (κ3) is 4.95. The molecular formula is C14H18FN3S. The van der Waals surface area contributed by atoms with Gasteiger partial charge < -0.3 is 5.32 Å². The van der Waals surface area contributed by atoms with Crippen molar-refractivity contribution < 1.29 is 4.39 Å². The van der Waals surface area contributed by atoms with Crippen molar-refractivity contribution in [2.45, 2.75) is 32.1 Å². The normalized spacial score (nSPS) is 16.5. The molecule has 3 nitrogen and oxygen atoms in total. The second-order valence-electron chi connectivity index (χ2n) is 4.75. The van der Waals surface area contributed by atoms with Crippen LogP contribution >= 0.6 is 12.2 Å². The molecule has 1 aromatic rings. The molecule has 0 saturated heterocycles. The lowest BCUT2D eigenvalue weighted by molar-refractivity contribution is 0.444. The van der Waals surface area contributed by atoms with Gasteiger partial charge in [-0.2, -0.15) is 5.10 Å². The van der Waals surface area contributed by atoms with Gasteiger partial charge in [-0.15, -0.1) is 0 Å². The van der Waals surface area contributed by atoms with Crippen LogP contribution in [-0.4, -0.2) is 11.3 Å². The van der Waals surface area contributed by atoms with E-state index in [9.17, 15) is 4.39 Å². The van der Waals surface area contributed by atoms with Crippen molar-refractivity contribution in [3.63, 3.8) is 0 Å². The first kappa shape index (κ1) is 13.9. The highest BCUT2D eigenvalue weighted by Crippen LogP contribution is 2.21. The Labute approximate surface area is 118 Å². The summed E-state index contributed by atoms with van der Waals surface area (Å²) in [5, 5.41) is 7.52. The number of anilines is 1. The Morgan fingerprint density at radius 3 is 2.58 bits per heavy atom. The first-order chi connectivity index (χ1) is 9.24. The zero-order valence-electron chi connectivity index (χ0n) is 10.7. The standard InChI is InChI=1S/C14H18FN3S/c15-12-6-8-13(9-7-12)17-14(19)18-16-10-11-4-2-1-3-5-11/h6-11H,1-5H2,(H2,17,18,19)/b16-10-. The average Bonchev–Trinajstić information content (AvgIpc) is 2.43. The summed E-state index contributed by atoms with van der Waals surface area (Å²) in [7, 11) is 0. The van der Waals surface area contributed by atoms with Gasteiger partial charge in [0.2, 0.25) is 0 Å². The van der Waals surface area contributed by atoms with Gasteiger partial charge in [0.15, 0.2) is 5.11 Å². The molecule has 19 heavy (non-hydrogen) atoms. The molecule has 1 fully saturated rings. The first-order valence-electron chi connectivity index (χ1n) is 6.60. The average molecular weight is 279 g/mol. The van der Waals surface area contributed by atoms with E-state index >= 15 is 0 Å². The largest absolute Gasteiger partial charge is 0.331 e. The zero-order valence-corrected chi connectivity index (χ0v) is 11.5. The van der Waals surface area contributed by atoms with Gasteiger partial charge in [-0.3, -0.25) is 5.43 Å². The van der Waals surface area contributed by atoms with Crippen LogP contribution in [0.2, 0.25) is 0 Å². The third-order valence-electron chi connectivity index (χ3n) is 3.20. The summed E-state index contributed by atoms with van der Waals surface area (Å²) in [6, 6.07) is 6.04. The Balaban J connectivity index is 1.74. The maximum atomic E-state index is 12.7. The molecule has 0 spiro atoms. The van der Waals surface area contributed by atoms with Crippen LogP contribution in [0.5, 0.6) is 0 Å². The Bertz CT molecular complexity index is 439. The fraction of sp³-hybridized carbons (Fsp3) is 0.429. The highest BCUT2D eigenvalue weighted by atomic mass is 32.1. The minimum absolute atomic E-state index is 0.264. The Hall–Kier alpha value is -1.49. The summed E-state index contributed by atoms with van der Waals surface area (Å²) in [6.07, 6.45) is 8.27. The van der Waals surface area contributed by atoms with Crippen molar-refractivity contribution in [1.82, 2.24) is 5.43 Å². The lowest BCUT2D eigenvalue weighted by Gasteiger charge is -2.16. The smallest absolute Gasteiger partial charge is 0.191 e. The fourth-order valence-corrected chi connectivity index (χ4v) is 2.35. The van der Waals surface area contributed by atoms with Crippen LogP contribution < -0.4 is 10.7 Å². The summed E-state index contributed by atoms with van der Waals surface area (Å²) in [5.41, 5.74) is 3.53. The van der Waals surface area contributed by atoms with Crippen molar-refractivity contribution in [1.29, 1.82) is 0 Å². The maximum absolute atomic E-state index is 12.7. The van der Waals surface area contributed by atoms with E-state index in [0.717, 1.165) is 5.69 Å². The number of hydrogen-bond acceptors (Lipinski definition) is 2. The molecular weight excluding hydrogens is 261 g/mol. The van der Waals surface area contributed by atoms with E-state index in [1.807, 2.05) is 6.21 Å². The van der Waals surface area contributed by atoms with E-state index in [2.05, 4.69) is 15.8 Å². The summed E-state index contributed by atoms with van der Waals surface area (Å²) < 4.78 is 12.7. The van der Waals surface area contributed by atoms with Gasteiger partial charge in [0, 0.05) is 11.9 Å². The third-order valence-corrected chi connectivity index (χ3v) is 3.40. The van der Waals surface area contributed by atoms with Gasteiger partial charge >= 0.3 is 0 Å². The molecule has 2 N–H and O–H groups in total. The van der Waals surface area contributed by atoms with E-state index in [1.54, 1.807) is 12.1 Å². The molecule has 0 bridgehead atoms. The van der Waals surface area contributed by atoms with Gasteiger partial charge in [-0.05, 0) is 55.2 Å². The monoisotopic (exact) mass is 279 g/mol. The molecule has 0 heterocycles. The Morgan fingerprint density at radius 1 is 1.21 bits per heavy atom. The van der Waals surface area contributed by atoms with Crippen molar-refractivity contribution in [3.05, 3.63) is 30.1 Å². The second kappa shape index (κ2) is 7.19. The molecule has 0 aromatic heterocycles. The maximum Gasteiger partial charge on any atom is 0.191 e. The number of halogens is 1. The fourth-order valence-electron chi connectivity index (χ4n) is 2.18. The van der Waals surface area contributed by atoms with Gasteiger partial charge in [0.1, 0.15) is 5.82 Å². The number of benzene rings is 1. The minimum Gasteiger partial charge on any atom is -0.331 e. The van der Waals surface area contributed by atoms with Crippen LogP contribution in [0.1, 0.15) is 32.1 Å². The van der Waals surface area contributed by atoms with Crippen LogP contribution in [0.3, 0.4) is 0 Å². The van der Waals surface area contributed by atoms with Crippen LogP contribution in [0, 0.1) is 11.7 Å². The summed E-state index contributed by atoms with van der Waals surface area (Å²) >= 11 is 5.11. The quantitative estimate of drug-likeness (QED) is 0.503. The van der Waals surface area contributed by atoms with Gasteiger partial charge in [0.05, 0.1) is 0 Å². The van der Waals surface area contributed by atoms with Crippen molar-refractivity contribution in [2.24, 2.45) is 11.0 Å². The van der Waals surface area contributed by atoms with Crippen LogP contribution in [-0.2, 0) is 0 Å². The molecule has 0 aliphatic heterocycles. The van der Waals surface area contributed by atoms with Gasteiger partial charge in [-0.25, -0.2) is 4.39 Å². The molecule has 0 atom stereocenters. The molecule has 5 heteroatoms. The van der Waals surface area contributed by atoms with Crippen molar-refractivity contribution in [2.75, 3.05) is 5.32 Å². The number of hydrazone groups is 1. The number of nitrogens with one attached hydrogen (secondary N) is 2. The Kier molecular flexibility index (Phi) is 5.27. The topological polar surface area (TPSA) is 36.4 Å². The van der Waals surface area contributed by atoms with Crippen molar-refractivity contribution in [3.8, 4) is 0 Å². The van der Waals surface area contributed by atoms with E-state index in [4.69, 9.17) is 12.2 Å².